The number of piperidine rings is 2. The zero-order valence-corrected chi connectivity index (χ0v) is 13.6. The quantitative estimate of drug-likeness (QED) is 0.805. The van der Waals surface area contributed by atoms with Crippen LogP contribution in [0.3, 0.4) is 0 Å². The molecule has 4 heteroatoms. The van der Waals surface area contributed by atoms with E-state index >= 15 is 0 Å². The third-order valence-corrected chi connectivity index (χ3v) is 5.47. The molecular weight excluding hydrogens is 262 g/mol. The average molecular weight is 295 g/mol. The van der Waals surface area contributed by atoms with Gasteiger partial charge < -0.3 is 19.9 Å². The predicted molar refractivity (Wildman–Crippen MR) is 86.7 cm³/mol. The molecule has 0 bridgehead atoms. The molecule has 21 heavy (non-hydrogen) atoms. The van der Waals surface area contributed by atoms with Crippen molar-refractivity contribution in [1.29, 1.82) is 0 Å². The fourth-order valence-electron chi connectivity index (χ4n) is 4.04. The molecule has 0 spiro atoms. The molecule has 3 aliphatic rings. The number of ether oxygens (including phenoxy) is 1. The molecule has 0 radical (unpaired) electrons. The van der Waals surface area contributed by atoms with E-state index in [0.717, 1.165) is 19.1 Å². The van der Waals surface area contributed by atoms with Crippen LogP contribution in [0.25, 0.3) is 0 Å². The predicted octanol–water partition coefficient (Wildman–Crippen LogP) is 1.56. The summed E-state index contributed by atoms with van der Waals surface area (Å²) in [5.74, 6) is 0.930. The zero-order chi connectivity index (χ0) is 14.3. The molecule has 0 aromatic heterocycles. The largest absolute Gasteiger partial charge is 0.377 e. The summed E-state index contributed by atoms with van der Waals surface area (Å²) in [5.41, 5.74) is 0. The Kier molecular flexibility index (Phi) is 6.34. The summed E-state index contributed by atoms with van der Waals surface area (Å²) in [7, 11) is 0. The summed E-state index contributed by atoms with van der Waals surface area (Å²) in [6.45, 7) is 10.9. The van der Waals surface area contributed by atoms with Crippen LogP contribution in [-0.4, -0.2) is 74.9 Å². The van der Waals surface area contributed by atoms with Crippen molar-refractivity contribution in [3.05, 3.63) is 0 Å². The van der Waals surface area contributed by atoms with Gasteiger partial charge in [-0.15, -0.1) is 0 Å². The smallest absolute Gasteiger partial charge is 0.0600 e. The Morgan fingerprint density at radius 3 is 2.29 bits per heavy atom. The lowest BCUT2D eigenvalue weighted by Gasteiger charge is -2.35. The Labute approximate surface area is 130 Å². The number of nitrogens with zero attached hydrogens (tertiary/aromatic N) is 2. The van der Waals surface area contributed by atoms with Crippen molar-refractivity contribution >= 4 is 0 Å². The summed E-state index contributed by atoms with van der Waals surface area (Å²) < 4.78 is 6.10. The zero-order valence-electron chi connectivity index (χ0n) is 13.6. The topological polar surface area (TPSA) is 27.7 Å². The van der Waals surface area contributed by atoms with Crippen LogP contribution in [0, 0.1) is 5.92 Å². The first-order chi connectivity index (χ1) is 10.4. The van der Waals surface area contributed by atoms with E-state index in [1.807, 2.05) is 0 Å². The Morgan fingerprint density at radius 2 is 1.57 bits per heavy atom. The van der Waals surface area contributed by atoms with Gasteiger partial charge in [-0.2, -0.15) is 0 Å². The van der Waals surface area contributed by atoms with Crippen LogP contribution in [-0.2, 0) is 4.74 Å². The van der Waals surface area contributed by atoms with E-state index in [9.17, 15) is 0 Å². The second kappa shape index (κ2) is 8.47. The van der Waals surface area contributed by atoms with Crippen LogP contribution in [0.15, 0.2) is 0 Å². The first-order valence-electron chi connectivity index (χ1n) is 9.17. The van der Waals surface area contributed by atoms with E-state index in [-0.39, 0.29) is 0 Å². The van der Waals surface area contributed by atoms with E-state index in [4.69, 9.17) is 4.74 Å². The lowest BCUT2D eigenvalue weighted by molar-refractivity contribution is -0.00300. The summed E-state index contributed by atoms with van der Waals surface area (Å²) in [5, 5.41) is 3.46. The maximum Gasteiger partial charge on any atom is 0.0600 e. The molecule has 1 N–H and O–H groups in total. The minimum atomic E-state index is 0.525. The average Bonchev–Trinajstić information content (AvgIpc) is 3.03. The van der Waals surface area contributed by atoms with Crippen molar-refractivity contribution in [3.63, 3.8) is 0 Å². The van der Waals surface area contributed by atoms with Crippen LogP contribution < -0.4 is 5.32 Å². The number of hydrogen-bond acceptors (Lipinski definition) is 4. The second-order valence-electron chi connectivity index (χ2n) is 7.11. The minimum Gasteiger partial charge on any atom is -0.377 e. The molecule has 0 aromatic carbocycles. The molecule has 3 fully saturated rings. The van der Waals surface area contributed by atoms with Gasteiger partial charge in [0.25, 0.3) is 0 Å². The first-order valence-corrected chi connectivity index (χ1v) is 9.17. The van der Waals surface area contributed by atoms with E-state index < -0.39 is 0 Å². The molecule has 0 aliphatic carbocycles. The minimum absolute atomic E-state index is 0.525. The maximum absolute atomic E-state index is 6.10. The van der Waals surface area contributed by atoms with Gasteiger partial charge in [0.2, 0.25) is 0 Å². The molecule has 3 rings (SSSR count). The highest BCUT2D eigenvalue weighted by Gasteiger charge is 2.23. The van der Waals surface area contributed by atoms with Crippen LogP contribution in [0.4, 0.5) is 0 Å². The van der Waals surface area contributed by atoms with E-state index in [1.165, 1.54) is 84.3 Å². The Bertz CT molecular complexity index is 280. The normalized spacial score (nSPS) is 27.4. The first kappa shape index (κ1) is 15.7. The monoisotopic (exact) mass is 295 g/mol. The van der Waals surface area contributed by atoms with Crippen LogP contribution in [0.1, 0.15) is 38.5 Å². The highest BCUT2D eigenvalue weighted by molar-refractivity contribution is 4.77. The molecule has 122 valence electrons. The third kappa shape index (κ3) is 5.20. The van der Waals surface area contributed by atoms with Gasteiger partial charge in [0.05, 0.1) is 12.7 Å². The molecule has 3 heterocycles. The Morgan fingerprint density at radius 1 is 0.857 bits per heavy atom. The number of likely N-dealkylation sites (tertiary alicyclic amines) is 2. The Balaban J connectivity index is 1.26. The highest BCUT2D eigenvalue weighted by atomic mass is 16.5. The van der Waals surface area contributed by atoms with Crippen molar-refractivity contribution in [2.75, 3.05) is 59.0 Å². The standard InChI is InChI=1S/C17H33N3O/c1-2-10-19(9-1)13-14-21-17-5-11-20(12-6-17)15-16-3-7-18-8-4-16/h16-18H,1-15H2. The van der Waals surface area contributed by atoms with E-state index in [0.29, 0.717) is 6.10 Å². The fourth-order valence-corrected chi connectivity index (χ4v) is 4.04. The van der Waals surface area contributed by atoms with Gasteiger partial charge in [0, 0.05) is 26.2 Å². The molecule has 0 amide bonds. The number of nitrogens with one attached hydrogen (secondary N) is 1. The summed E-state index contributed by atoms with van der Waals surface area (Å²) in [6, 6.07) is 0. The van der Waals surface area contributed by atoms with E-state index in [1.54, 1.807) is 0 Å². The molecule has 4 nitrogen and oxygen atoms in total. The van der Waals surface area contributed by atoms with Crippen LogP contribution in [0.5, 0.6) is 0 Å². The highest BCUT2D eigenvalue weighted by Crippen LogP contribution is 2.19. The lowest BCUT2D eigenvalue weighted by atomic mass is 9.96. The van der Waals surface area contributed by atoms with Gasteiger partial charge in [-0.05, 0) is 70.6 Å². The van der Waals surface area contributed by atoms with Gasteiger partial charge in [-0.25, -0.2) is 0 Å². The molecule has 0 unspecified atom stereocenters. The van der Waals surface area contributed by atoms with Crippen LogP contribution >= 0.6 is 0 Å². The SMILES string of the molecule is C1CCN(CCOC2CCN(CC3CCNCC3)CC2)C1. The molecule has 0 saturated carbocycles. The van der Waals surface area contributed by atoms with Crippen molar-refractivity contribution in [3.8, 4) is 0 Å². The summed E-state index contributed by atoms with van der Waals surface area (Å²) in [4.78, 5) is 5.22. The molecule has 3 aliphatic heterocycles. The van der Waals surface area contributed by atoms with Gasteiger partial charge in [0.15, 0.2) is 0 Å². The van der Waals surface area contributed by atoms with Gasteiger partial charge >= 0.3 is 0 Å². The number of hydrogen-bond donors (Lipinski definition) is 1. The summed E-state index contributed by atoms with van der Waals surface area (Å²) >= 11 is 0. The third-order valence-electron chi connectivity index (χ3n) is 5.47. The summed E-state index contributed by atoms with van der Waals surface area (Å²) in [6.07, 6.45) is 8.51. The van der Waals surface area contributed by atoms with Gasteiger partial charge in [-0.1, -0.05) is 0 Å². The maximum atomic E-state index is 6.10. The van der Waals surface area contributed by atoms with Crippen molar-refractivity contribution in [2.45, 2.75) is 44.6 Å². The van der Waals surface area contributed by atoms with Gasteiger partial charge in [0.1, 0.15) is 0 Å². The van der Waals surface area contributed by atoms with E-state index in [2.05, 4.69) is 15.1 Å². The molecule has 0 aromatic rings. The van der Waals surface area contributed by atoms with Crippen molar-refractivity contribution < 1.29 is 4.74 Å². The molecular formula is C17H33N3O. The lowest BCUT2D eigenvalue weighted by Crippen LogP contribution is -2.42. The fraction of sp³-hybridized carbons (Fsp3) is 1.00. The second-order valence-corrected chi connectivity index (χ2v) is 7.11. The van der Waals surface area contributed by atoms with Gasteiger partial charge in [-0.3, -0.25) is 0 Å². The molecule has 0 atom stereocenters. The van der Waals surface area contributed by atoms with Crippen molar-refractivity contribution in [1.82, 2.24) is 15.1 Å². The number of rotatable bonds is 6. The van der Waals surface area contributed by atoms with Crippen molar-refractivity contribution in [2.24, 2.45) is 5.92 Å². The Hall–Kier alpha value is -0.160. The molecule has 3 saturated heterocycles. The van der Waals surface area contributed by atoms with Crippen LogP contribution in [0.2, 0.25) is 0 Å².